The van der Waals surface area contributed by atoms with Gasteiger partial charge in [0, 0.05) is 5.56 Å². The summed E-state index contributed by atoms with van der Waals surface area (Å²) in [5.74, 6) is 5.76. The molecule has 2 aromatic rings. The number of halogens is 3. The molecule has 4 rings (SSSR count). The Bertz CT molecular complexity index is 1040. The van der Waals surface area contributed by atoms with Crippen LogP contribution in [0.25, 0.3) is 0 Å². The molecule has 4 atom stereocenters. The monoisotopic (exact) mass is 422 g/mol. The van der Waals surface area contributed by atoms with E-state index >= 15 is 0 Å². The number of hydrogen-bond donors (Lipinski definition) is 0. The fourth-order valence-electron chi connectivity index (χ4n) is 5.47. The summed E-state index contributed by atoms with van der Waals surface area (Å²) in [7, 11) is 0. The summed E-state index contributed by atoms with van der Waals surface area (Å²) in [4.78, 5) is 0. The fourth-order valence-corrected chi connectivity index (χ4v) is 5.47. The number of rotatable bonds is 2. The molecule has 2 fully saturated rings. The van der Waals surface area contributed by atoms with Crippen LogP contribution in [0.2, 0.25) is 0 Å². The van der Waals surface area contributed by atoms with Gasteiger partial charge in [-0.15, -0.1) is 0 Å². The van der Waals surface area contributed by atoms with Crippen LogP contribution >= 0.6 is 0 Å². The van der Waals surface area contributed by atoms with Gasteiger partial charge in [0.2, 0.25) is 0 Å². The van der Waals surface area contributed by atoms with E-state index in [0.717, 1.165) is 24.3 Å². The second kappa shape index (κ2) is 9.35. The van der Waals surface area contributed by atoms with Crippen LogP contribution in [-0.4, -0.2) is 0 Å². The Kier molecular flexibility index (Phi) is 6.56. The van der Waals surface area contributed by atoms with Crippen molar-refractivity contribution in [1.82, 2.24) is 0 Å². The molecule has 31 heavy (non-hydrogen) atoms. The van der Waals surface area contributed by atoms with E-state index in [1.165, 1.54) is 50.8 Å². The summed E-state index contributed by atoms with van der Waals surface area (Å²) in [6, 6.07) is 8.01. The van der Waals surface area contributed by atoms with E-state index in [-0.39, 0.29) is 22.9 Å². The Morgan fingerprint density at radius 3 is 2.42 bits per heavy atom. The topological polar surface area (TPSA) is 0 Å². The Morgan fingerprint density at radius 1 is 0.871 bits per heavy atom. The summed E-state index contributed by atoms with van der Waals surface area (Å²) >= 11 is 0. The third kappa shape index (κ3) is 4.74. The van der Waals surface area contributed by atoms with Crippen molar-refractivity contribution in [2.75, 3.05) is 0 Å². The molecule has 0 aromatic heterocycles. The maximum Gasteiger partial charge on any atom is 0.174 e. The molecule has 162 valence electrons. The first-order valence-electron chi connectivity index (χ1n) is 11.3. The summed E-state index contributed by atoms with van der Waals surface area (Å²) in [5, 5.41) is 0. The molecule has 0 nitrogen and oxygen atoms in total. The van der Waals surface area contributed by atoms with Gasteiger partial charge in [0.15, 0.2) is 11.6 Å². The predicted molar refractivity (Wildman–Crippen MR) is 119 cm³/mol. The van der Waals surface area contributed by atoms with Gasteiger partial charge in [-0.25, -0.2) is 13.2 Å². The van der Waals surface area contributed by atoms with Gasteiger partial charge in [-0.2, -0.15) is 0 Å². The Balaban J connectivity index is 1.46. The zero-order chi connectivity index (χ0) is 22.0. The maximum absolute atomic E-state index is 14.9. The van der Waals surface area contributed by atoms with Crippen LogP contribution in [0.15, 0.2) is 42.5 Å². The van der Waals surface area contributed by atoms with Gasteiger partial charge in [0.05, 0.1) is 5.56 Å². The van der Waals surface area contributed by atoms with Crippen molar-refractivity contribution in [3.8, 4) is 11.8 Å². The Hall–Kier alpha value is -2.47. The third-order valence-corrected chi connectivity index (χ3v) is 7.18. The second-order valence-corrected chi connectivity index (χ2v) is 9.17. The summed E-state index contributed by atoms with van der Waals surface area (Å²) < 4.78 is 42.6. The minimum absolute atomic E-state index is 0.0144. The standard InChI is InChI=1S/C28H29F3/c1-3-4-19-7-11-23-17-24(13-12-22(23)15-19)25-14-8-20(16-26(25)29)6-10-21-9-5-18(2)27(30)28(21)31/h3-5,8-9,14,16,19,22-24H,7,11-13,15,17H2,1-2H3/b4-3+. The third-order valence-electron chi connectivity index (χ3n) is 7.18. The molecule has 4 unspecified atom stereocenters. The van der Waals surface area contributed by atoms with Crippen molar-refractivity contribution in [3.63, 3.8) is 0 Å². The summed E-state index contributed by atoms with van der Waals surface area (Å²) in [5.41, 5.74) is 1.47. The Morgan fingerprint density at radius 2 is 1.65 bits per heavy atom. The Labute approximate surface area is 183 Å². The first-order chi connectivity index (χ1) is 15.0. The highest BCUT2D eigenvalue weighted by atomic mass is 19.2. The van der Waals surface area contributed by atoms with E-state index in [9.17, 15) is 13.2 Å². The fraction of sp³-hybridized carbons (Fsp3) is 0.429. The minimum Gasteiger partial charge on any atom is -0.207 e. The smallest absolute Gasteiger partial charge is 0.174 e. The van der Waals surface area contributed by atoms with Gasteiger partial charge < -0.3 is 0 Å². The summed E-state index contributed by atoms with van der Waals surface area (Å²) in [6.07, 6.45) is 11.5. The minimum atomic E-state index is -0.953. The highest BCUT2D eigenvalue weighted by molar-refractivity contribution is 5.45. The first kappa shape index (κ1) is 21.8. The zero-order valence-electron chi connectivity index (χ0n) is 18.2. The lowest BCUT2D eigenvalue weighted by Gasteiger charge is -2.41. The van der Waals surface area contributed by atoms with Crippen molar-refractivity contribution in [3.05, 3.63) is 82.2 Å². The van der Waals surface area contributed by atoms with E-state index in [1.807, 2.05) is 6.07 Å². The van der Waals surface area contributed by atoms with Gasteiger partial charge in [0.25, 0.3) is 0 Å². The van der Waals surface area contributed by atoms with Gasteiger partial charge >= 0.3 is 0 Å². The van der Waals surface area contributed by atoms with Gasteiger partial charge in [-0.3, -0.25) is 0 Å². The van der Waals surface area contributed by atoms with Gasteiger partial charge in [-0.1, -0.05) is 36.1 Å². The number of fused-ring (bicyclic) bond motifs is 1. The molecule has 3 heteroatoms. The summed E-state index contributed by atoms with van der Waals surface area (Å²) in [6.45, 7) is 3.60. The number of aryl methyl sites for hydroxylation is 1. The van der Waals surface area contributed by atoms with Gasteiger partial charge in [0.1, 0.15) is 5.82 Å². The van der Waals surface area contributed by atoms with E-state index in [1.54, 1.807) is 6.07 Å². The molecule has 0 amide bonds. The molecule has 2 aliphatic carbocycles. The van der Waals surface area contributed by atoms with E-state index in [2.05, 4.69) is 30.9 Å². The molecule has 0 heterocycles. The number of benzene rings is 2. The highest BCUT2D eigenvalue weighted by Gasteiger charge is 2.36. The lowest BCUT2D eigenvalue weighted by atomic mass is 9.64. The molecular formula is C28H29F3. The predicted octanol–water partition coefficient (Wildman–Crippen LogP) is 7.69. The average molecular weight is 423 g/mol. The lowest BCUT2D eigenvalue weighted by Crippen LogP contribution is -2.30. The van der Waals surface area contributed by atoms with Crippen LogP contribution in [0.1, 0.15) is 73.6 Å². The van der Waals surface area contributed by atoms with Crippen LogP contribution < -0.4 is 0 Å². The average Bonchev–Trinajstić information content (AvgIpc) is 2.77. The normalized spacial score (nSPS) is 25.7. The SMILES string of the molecule is C/C=C/C1CCC2CC(c3ccc(C#Cc4ccc(C)c(F)c4F)cc3F)CCC2C1. The first-order valence-corrected chi connectivity index (χ1v) is 11.3. The molecule has 2 aliphatic rings. The molecule has 2 saturated carbocycles. The zero-order valence-corrected chi connectivity index (χ0v) is 18.2. The van der Waals surface area contributed by atoms with E-state index < -0.39 is 11.6 Å². The quantitative estimate of drug-likeness (QED) is 0.344. The molecule has 0 saturated heterocycles. The van der Waals surface area contributed by atoms with Crippen molar-refractivity contribution >= 4 is 0 Å². The molecule has 0 bridgehead atoms. The van der Waals surface area contributed by atoms with Gasteiger partial charge in [-0.05, 0) is 105 Å². The van der Waals surface area contributed by atoms with Crippen LogP contribution in [0.5, 0.6) is 0 Å². The number of hydrogen-bond acceptors (Lipinski definition) is 0. The largest absolute Gasteiger partial charge is 0.207 e. The number of allylic oxidation sites excluding steroid dienone is 2. The molecule has 0 spiro atoms. The molecular weight excluding hydrogens is 393 g/mol. The van der Waals surface area contributed by atoms with Crippen LogP contribution in [0, 0.1) is 54.0 Å². The molecule has 0 aliphatic heterocycles. The maximum atomic E-state index is 14.9. The van der Waals surface area contributed by atoms with Crippen LogP contribution in [0.3, 0.4) is 0 Å². The van der Waals surface area contributed by atoms with Crippen molar-refractivity contribution in [2.45, 2.75) is 58.3 Å². The van der Waals surface area contributed by atoms with E-state index in [0.29, 0.717) is 17.4 Å². The lowest BCUT2D eigenvalue weighted by molar-refractivity contribution is 0.132. The van der Waals surface area contributed by atoms with Crippen molar-refractivity contribution in [1.29, 1.82) is 0 Å². The van der Waals surface area contributed by atoms with Crippen molar-refractivity contribution in [2.24, 2.45) is 17.8 Å². The van der Waals surface area contributed by atoms with E-state index in [4.69, 9.17) is 0 Å². The van der Waals surface area contributed by atoms with Crippen molar-refractivity contribution < 1.29 is 13.2 Å². The highest BCUT2D eigenvalue weighted by Crippen LogP contribution is 2.48. The van der Waals surface area contributed by atoms with Crippen LogP contribution in [0.4, 0.5) is 13.2 Å². The molecule has 0 N–H and O–H groups in total. The second-order valence-electron chi connectivity index (χ2n) is 9.17. The van der Waals surface area contributed by atoms with Crippen LogP contribution in [-0.2, 0) is 0 Å². The molecule has 0 radical (unpaired) electrons. The molecule has 2 aromatic carbocycles.